The molecule has 28 heavy (non-hydrogen) atoms. The van der Waals surface area contributed by atoms with Crippen LogP contribution in [0.15, 0.2) is 36.0 Å². The van der Waals surface area contributed by atoms with E-state index in [9.17, 15) is 4.79 Å². The van der Waals surface area contributed by atoms with Crippen molar-refractivity contribution in [2.45, 2.75) is 6.92 Å². The van der Waals surface area contributed by atoms with Crippen LogP contribution in [0.1, 0.15) is 5.56 Å². The summed E-state index contributed by atoms with van der Waals surface area (Å²) in [6.07, 6.45) is 1.67. The highest BCUT2D eigenvalue weighted by Crippen LogP contribution is 2.37. The van der Waals surface area contributed by atoms with Crippen LogP contribution in [0.4, 0.5) is 5.82 Å². The van der Waals surface area contributed by atoms with Crippen LogP contribution >= 0.6 is 11.3 Å². The topological polar surface area (TPSA) is 53.8 Å². The third-order valence-corrected chi connectivity index (χ3v) is 6.27. The zero-order chi connectivity index (χ0) is 19.7. The number of carbonyl (C=O) groups excluding carboxylic acids is 1. The highest BCUT2D eigenvalue weighted by molar-refractivity contribution is 7.17. The van der Waals surface area contributed by atoms with E-state index >= 15 is 0 Å². The van der Waals surface area contributed by atoms with E-state index in [4.69, 9.17) is 0 Å². The number of nitrogens with zero attached hydrogens (tertiary/aromatic N) is 4. The summed E-state index contributed by atoms with van der Waals surface area (Å²) in [4.78, 5) is 27.5. The van der Waals surface area contributed by atoms with Crippen molar-refractivity contribution >= 4 is 33.3 Å². The average molecular weight is 397 g/mol. The first-order valence-electron chi connectivity index (χ1n) is 9.61. The number of fused-ring (bicyclic) bond motifs is 1. The van der Waals surface area contributed by atoms with Crippen molar-refractivity contribution in [3.05, 3.63) is 41.5 Å². The first kappa shape index (κ1) is 18.8. The molecule has 4 rings (SSSR count). The second-order valence-electron chi connectivity index (χ2n) is 7.59. The predicted molar refractivity (Wildman–Crippen MR) is 114 cm³/mol. The maximum atomic E-state index is 12.0. The molecular weight excluding hydrogens is 370 g/mol. The molecule has 0 unspecified atom stereocenters. The molecule has 1 amide bonds. The number of benzene rings is 1. The van der Waals surface area contributed by atoms with E-state index < -0.39 is 0 Å². The summed E-state index contributed by atoms with van der Waals surface area (Å²) in [6.45, 7) is 6.33. The fourth-order valence-electron chi connectivity index (χ4n) is 3.63. The van der Waals surface area contributed by atoms with Gasteiger partial charge in [0.25, 0.3) is 5.91 Å². The predicted octanol–water partition coefficient (Wildman–Crippen LogP) is 1.46. The molecule has 7 heteroatoms. The highest BCUT2D eigenvalue weighted by Gasteiger charge is 2.26. The molecule has 1 aromatic carbocycles. The zero-order valence-electron chi connectivity index (χ0n) is 16.6. The van der Waals surface area contributed by atoms with E-state index in [1.54, 1.807) is 22.6 Å². The van der Waals surface area contributed by atoms with Crippen molar-refractivity contribution in [2.75, 3.05) is 51.7 Å². The number of quaternary nitrogens is 1. The number of nitrogens with one attached hydrogen (secondary N) is 1. The van der Waals surface area contributed by atoms with Crippen LogP contribution in [-0.2, 0) is 4.79 Å². The lowest BCUT2D eigenvalue weighted by atomic mass is 10.0. The Balaban J connectivity index is 1.59. The Morgan fingerprint density at radius 3 is 2.57 bits per heavy atom. The van der Waals surface area contributed by atoms with E-state index in [0.717, 1.165) is 42.2 Å². The van der Waals surface area contributed by atoms with Crippen LogP contribution < -0.4 is 9.80 Å². The zero-order valence-corrected chi connectivity index (χ0v) is 17.4. The van der Waals surface area contributed by atoms with Crippen molar-refractivity contribution in [3.63, 3.8) is 0 Å². The minimum absolute atomic E-state index is 0.187. The molecule has 0 bridgehead atoms. The highest BCUT2D eigenvalue weighted by atomic mass is 32.1. The summed E-state index contributed by atoms with van der Waals surface area (Å²) >= 11 is 1.67. The summed E-state index contributed by atoms with van der Waals surface area (Å²) in [6, 6.07) is 8.63. The number of anilines is 1. The fourth-order valence-corrected chi connectivity index (χ4v) is 4.54. The largest absolute Gasteiger partial charge is 0.345 e. The van der Waals surface area contributed by atoms with Crippen LogP contribution in [-0.4, -0.2) is 67.6 Å². The Morgan fingerprint density at radius 1 is 1.18 bits per heavy atom. The van der Waals surface area contributed by atoms with Crippen LogP contribution in [0.5, 0.6) is 0 Å². The number of aryl methyl sites for hydroxylation is 1. The maximum Gasteiger partial charge on any atom is 0.277 e. The summed E-state index contributed by atoms with van der Waals surface area (Å²) in [7, 11) is 3.64. The molecule has 0 aliphatic carbocycles. The van der Waals surface area contributed by atoms with Gasteiger partial charge >= 0.3 is 0 Å². The summed E-state index contributed by atoms with van der Waals surface area (Å²) < 4.78 is 0. The Labute approximate surface area is 169 Å². The maximum absolute atomic E-state index is 12.0. The van der Waals surface area contributed by atoms with Gasteiger partial charge in [0.05, 0.1) is 31.6 Å². The number of hydrogen-bond donors (Lipinski definition) is 1. The molecule has 2 aromatic heterocycles. The molecule has 0 atom stereocenters. The van der Waals surface area contributed by atoms with Crippen LogP contribution in [0.3, 0.4) is 0 Å². The number of likely N-dealkylation sites (N-methyl/N-ethyl adjacent to an activating group) is 1. The molecular formula is C21H26N5OS+. The van der Waals surface area contributed by atoms with Crippen LogP contribution in [0.2, 0.25) is 0 Å². The molecule has 3 heterocycles. The van der Waals surface area contributed by atoms with Gasteiger partial charge in [0, 0.05) is 25.0 Å². The molecule has 1 aliphatic heterocycles. The van der Waals surface area contributed by atoms with Crippen LogP contribution in [0.25, 0.3) is 21.3 Å². The van der Waals surface area contributed by atoms with Gasteiger partial charge < -0.3 is 14.7 Å². The van der Waals surface area contributed by atoms with Gasteiger partial charge in [-0.15, -0.1) is 11.3 Å². The lowest BCUT2D eigenvalue weighted by molar-refractivity contribution is -0.892. The van der Waals surface area contributed by atoms with E-state index in [0.29, 0.717) is 6.54 Å². The first-order chi connectivity index (χ1) is 13.5. The molecule has 3 aromatic rings. The standard InChI is InChI=1S/C21H25N5OS/c1-15-4-6-16(7-5-15)17-13-28-21-19(17)20(22-14-23-21)26-10-8-25(9-11-26)12-18(27)24(2)3/h4-7,13-14H,8-12H2,1-3H3/p+1. The van der Waals surface area contributed by atoms with Gasteiger partial charge in [-0.2, -0.15) is 0 Å². The Bertz CT molecular complexity index is 974. The van der Waals surface area contributed by atoms with Crippen molar-refractivity contribution in [2.24, 2.45) is 0 Å². The summed E-state index contributed by atoms with van der Waals surface area (Å²) in [5.74, 6) is 1.20. The quantitative estimate of drug-likeness (QED) is 0.726. The Hall–Kier alpha value is -2.51. The monoisotopic (exact) mass is 396 g/mol. The van der Waals surface area contributed by atoms with Gasteiger partial charge in [0.1, 0.15) is 17.0 Å². The molecule has 1 aliphatic rings. The van der Waals surface area contributed by atoms with Gasteiger partial charge in [0.2, 0.25) is 0 Å². The molecule has 146 valence electrons. The second kappa shape index (κ2) is 7.85. The minimum Gasteiger partial charge on any atom is -0.345 e. The molecule has 0 radical (unpaired) electrons. The van der Waals surface area contributed by atoms with Gasteiger partial charge in [-0.3, -0.25) is 4.79 Å². The van der Waals surface area contributed by atoms with Gasteiger partial charge in [0.15, 0.2) is 6.54 Å². The average Bonchev–Trinajstić information content (AvgIpc) is 3.13. The summed E-state index contributed by atoms with van der Waals surface area (Å²) in [5.41, 5.74) is 3.66. The Morgan fingerprint density at radius 2 is 1.89 bits per heavy atom. The molecule has 1 N–H and O–H groups in total. The number of amides is 1. The third kappa shape index (κ3) is 3.72. The van der Waals surface area contributed by atoms with Crippen molar-refractivity contribution in [3.8, 4) is 11.1 Å². The molecule has 0 spiro atoms. The Kier molecular flexibility index (Phi) is 5.28. The lowest BCUT2D eigenvalue weighted by Gasteiger charge is -2.33. The van der Waals surface area contributed by atoms with Crippen LogP contribution in [0, 0.1) is 6.92 Å². The van der Waals surface area contributed by atoms with Crippen molar-refractivity contribution < 1.29 is 9.69 Å². The van der Waals surface area contributed by atoms with E-state index in [1.165, 1.54) is 21.6 Å². The van der Waals surface area contributed by atoms with Crippen molar-refractivity contribution in [1.29, 1.82) is 0 Å². The number of thiophene rings is 1. The van der Waals surface area contributed by atoms with Gasteiger partial charge in [-0.25, -0.2) is 9.97 Å². The molecule has 6 nitrogen and oxygen atoms in total. The van der Waals surface area contributed by atoms with E-state index in [2.05, 4.69) is 51.4 Å². The lowest BCUT2D eigenvalue weighted by Crippen LogP contribution is -3.15. The molecule has 1 fully saturated rings. The smallest absolute Gasteiger partial charge is 0.277 e. The van der Waals surface area contributed by atoms with E-state index in [1.807, 2.05) is 14.1 Å². The molecule has 1 saturated heterocycles. The normalized spacial score (nSPS) is 15.2. The number of carbonyl (C=O) groups is 1. The third-order valence-electron chi connectivity index (χ3n) is 5.38. The fraction of sp³-hybridized carbons (Fsp3) is 0.381. The first-order valence-corrected chi connectivity index (χ1v) is 10.5. The number of rotatable bonds is 4. The number of hydrogen-bond acceptors (Lipinski definition) is 5. The van der Waals surface area contributed by atoms with Gasteiger partial charge in [-0.05, 0) is 12.5 Å². The number of aromatic nitrogens is 2. The second-order valence-corrected chi connectivity index (χ2v) is 8.45. The van der Waals surface area contributed by atoms with Gasteiger partial charge in [-0.1, -0.05) is 29.8 Å². The molecule has 0 saturated carbocycles. The SMILES string of the molecule is Cc1ccc(-c2csc3ncnc(N4CC[NH+](CC(=O)N(C)C)CC4)c23)cc1. The number of piperazine rings is 1. The minimum atomic E-state index is 0.187. The van der Waals surface area contributed by atoms with E-state index in [-0.39, 0.29) is 5.91 Å². The van der Waals surface area contributed by atoms with Crippen molar-refractivity contribution in [1.82, 2.24) is 14.9 Å². The summed E-state index contributed by atoms with van der Waals surface area (Å²) in [5, 5.41) is 3.33.